The van der Waals surface area contributed by atoms with Gasteiger partial charge in [0.05, 0.1) is 4.47 Å². The summed E-state index contributed by atoms with van der Waals surface area (Å²) in [4.78, 5) is 12.5. The standard InChI is InChI=1S/C11H11BrN4/c12-9-7-15-11(16-8-9)14-6-4-10-3-1-2-5-13-10/h1-3,5,7-8H,4,6H2,(H,14,15,16). The molecule has 5 heteroatoms. The molecule has 0 spiro atoms. The van der Waals surface area contributed by atoms with Gasteiger partial charge in [-0.25, -0.2) is 9.97 Å². The van der Waals surface area contributed by atoms with Crippen LogP contribution in [0.4, 0.5) is 5.95 Å². The Morgan fingerprint density at radius 2 is 1.94 bits per heavy atom. The largest absolute Gasteiger partial charge is 0.354 e. The number of hydrogen-bond donors (Lipinski definition) is 1. The fourth-order valence-electron chi connectivity index (χ4n) is 1.25. The van der Waals surface area contributed by atoms with Crippen molar-refractivity contribution in [3.63, 3.8) is 0 Å². The number of nitrogens with one attached hydrogen (secondary N) is 1. The van der Waals surface area contributed by atoms with Crippen LogP contribution in [0, 0.1) is 0 Å². The van der Waals surface area contributed by atoms with Gasteiger partial charge in [0.25, 0.3) is 0 Å². The summed E-state index contributed by atoms with van der Waals surface area (Å²) in [5, 5.41) is 3.14. The molecule has 0 saturated heterocycles. The third kappa shape index (κ3) is 3.27. The molecule has 2 aromatic heterocycles. The molecule has 0 saturated carbocycles. The van der Waals surface area contributed by atoms with Crippen LogP contribution in [-0.4, -0.2) is 21.5 Å². The molecule has 0 aliphatic heterocycles. The Bertz CT molecular complexity index is 429. The third-order valence-corrected chi connectivity index (χ3v) is 2.42. The summed E-state index contributed by atoms with van der Waals surface area (Å²) in [7, 11) is 0. The van der Waals surface area contributed by atoms with Gasteiger partial charge in [-0.3, -0.25) is 4.98 Å². The van der Waals surface area contributed by atoms with Gasteiger partial charge in [0.15, 0.2) is 0 Å². The lowest BCUT2D eigenvalue weighted by Gasteiger charge is -2.03. The highest BCUT2D eigenvalue weighted by Crippen LogP contribution is 2.06. The summed E-state index contributed by atoms with van der Waals surface area (Å²) in [6, 6.07) is 5.90. The van der Waals surface area contributed by atoms with Crippen molar-refractivity contribution < 1.29 is 0 Å². The molecular weight excluding hydrogens is 268 g/mol. The van der Waals surface area contributed by atoms with Crippen molar-refractivity contribution >= 4 is 21.9 Å². The minimum atomic E-state index is 0.638. The first-order valence-corrected chi connectivity index (χ1v) is 5.75. The van der Waals surface area contributed by atoms with Crippen LogP contribution in [0.25, 0.3) is 0 Å². The van der Waals surface area contributed by atoms with E-state index >= 15 is 0 Å². The molecule has 2 rings (SSSR count). The van der Waals surface area contributed by atoms with Gasteiger partial charge in [-0.2, -0.15) is 0 Å². The summed E-state index contributed by atoms with van der Waals surface area (Å²) in [5.74, 6) is 0.638. The first-order valence-electron chi connectivity index (χ1n) is 4.96. The van der Waals surface area contributed by atoms with E-state index in [4.69, 9.17) is 0 Å². The minimum Gasteiger partial charge on any atom is -0.354 e. The molecule has 4 nitrogen and oxygen atoms in total. The van der Waals surface area contributed by atoms with Crippen molar-refractivity contribution in [1.82, 2.24) is 15.0 Å². The Hall–Kier alpha value is -1.49. The molecule has 0 aliphatic rings. The summed E-state index contributed by atoms with van der Waals surface area (Å²) in [6.07, 6.45) is 6.10. The van der Waals surface area contributed by atoms with E-state index in [-0.39, 0.29) is 0 Å². The lowest BCUT2D eigenvalue weighted by atomic mass is 10.3. The predicted octanol–water partition coefficient (Wildman–Crippen LogP) is 2.29. The third-order valence-electron chi connectivity index (χ3n) is 2.01. The maximum atomic E-state index is 4.24. The zero-order valence-corrected chi connectivity index (χ0v) is 10.2. The average Bonchev–Trinajstić information content (AvgIpc) is 2.33. The fraction of sp³-hybridized carbons (Fsp3) is 0.182. The maximum absolute atomic E-state index is 4.24. The second kappa shape index (κ2) is 5.55. The van der Waals surface area contributed by atoms with Crippen molar-refractivity contribution in [1.29, 1.82) is 0 Å². The van der Waals surface area contributed by atoms with Gasteiger partial charge in [0.2, 0.25) is 5.95 Å². The molecule has 0 bridgehead atoms. The SMILES string of the molecule is Brc1cnc(NCCc2ccccn2)nc1. The Morgan fingerprint density at radius 1 is 1.12 bits per heavy atom. The van der Waals surface area contributed by atoms with Crippen molar-refractivity contribution in [3.8, 4) is 0 Å². The van der Waals surface area contributed by atoms with Crippen molar-refractivity contribution in [2.24, 2.45) is 0 Å². The number of halogens is 1. The Morgan fingerprint density at radius 3 is 2.62 bits per heavy atom. The molecule has 0 amide bonds. The zero-order chi connectivity index (χ0) is 11.2. The van der Waals surface area contributed by atoms with Crippen LogP contribution in [-0.2, 0) is 6.42 Å². The van der Waals surface area contributed by atoms with E-state index in [0.29, 0.717) is 5.95 Å². The van der Waals surface area contributed by atoms with Crippen molar-refractivity contribution in [3.05, 3.63) is 47.0 Å². The van der Waals surface area contributed by atoms with Gasteiger partial charge >= 0.3 is 0 Å². The van der Waals surface area contributed by atoms with Gasteiger partial charge in [0, 0.05) is 37.3 Å². The lowest BCUT2D eigenvalue weighted by Crippen LogP contribution is -2.08. The number of aromatic nitrogens is 3. The van der Waals surface area contributed by atoms with E-state index in [0.717, 1.165) is 23.1 Å². The molecule has 0 aliphatic carbocycles. The van der Waals surface area contributed by atoms with Gasteiger partial charge in [0.1, 0.15) is 0 Å². The molecular formula is C11H11BrN4. The van der Waals surface area contributed by atoms with Crippen LogP contribution < -0.4 is 5.32 Å². The highest BCUT2D eigenvalue weighted by molar-refractivity contribution is 9.10. The molecule has 16 heavy (non-hydrogen) atoms. The molecule has 0 atom stereocenters. The highest BCUT2D eigenvalue weighted by Gasteiger charge is 1.96. The normalized spacial score (nSPS) is 10.1. The second-order valence-corrected chi connectivity index (χ2v) is 4.14. The van der Waals surface area contributed by atoms with Gasteiger partial charge < -0.3 is 5.32 Å². The topological polar surface area (TPSA) is 50.7 Å². The van der Waals surface area contributed by atoms with Gasteiger partial charge in [-0.1, -0.05) is 6.07 Å². The number of anilines is 1. The Kier molecular flexibility index (Phi) is 3.82. The number of nitrogens with zero attached hydrogens (tertiary/aromatic N) is 3. The van der Waals surface area contributed by atoms with E-state index in [1.807, 2.05) is 18.2 Å². The first-order chi connectivity index (χ1) is 7.84. The van der Waals surface area contributed by atoms with Crippen LogP contribution in [0.3, 0.4) is 0 Å². The molecule has 0 radical (unpaired) electrons. The van der Waals surface area contributed by atoms with E-state index in [1.165, 1.54) is 0 Å². The van der Waals surface area contributed by atoms with Crippen LogP contribution in [0.2, 0.25) is 0 Å². The molecule has 0 fully saturated rings. The summed E-state index contributed by atoms with van der Waals surface area (Å²) in [6.45, 7) is 0.776. The molecule has 1 N–H and O–H groups in total. The van der Waals surface area contributed by atoms with Crippen LogP contribution in [0.5, 0.6) is 0 Å². The maximum Gasteiger partial charge on any atom is 0.222 e. The Labute approximate surface area is 102 Å². The monoisotopic (exact) mass is 278 g/mol. The Balaban J connectivity index is 1.82. The molecule has 2 aromatic rings. The van der Waals surface area contributed by atoms with E-state index in [2.05, 4.69) is 36.2 Å². The van der Waals surface area contributed by atoms with Gasteiger partial charge in [-0.15, -0.1) is 0 Å². The van der Waals surface area contributed by atoms with E-state index < -0.39 is 0 Å². The molecule has 82 valence electrons. The van der Waals surface area contributed by atoms with Crippen LogP contribution in [0.15, 0.2) is 41.3 Å². The number of rotatable bonds is 4. The van der Waals surface area contributed by atoms with E-state index in [9.17, 15) is 0 Å². The van der Waals surface area contributed by atoms with Crippen LogP contribution >= 0.6 is 15.9 Å². The quantitative estimate of drug-likeness (QED) is 0.933. The average molecular weight is 279 g/mol. The lowest BCUT2D eigenvalue weighted by molar-refractivity contribution is 0.940. The summed E-state index contributed by atoms with van der Waals surface area (Å²) < 4.78 is 0.878. The first kappa shape index (κ1) is 11.0. The zero-order valence-electron chi connectivity index (χ0n) is 8.60. The number of pyridine rings is 1. The predicted molar refractivity (Wildman–Crippen MR) is 66.2 cm³/mol. The van der Waals surface area contributed by atoms with Crippen molar-refractivity contribution in [2.45, 2.75) is 6.42 Å². The summed E-state index contributed by atoms with van der Waals surface area (Å²) in [5.41, 5.74) is 1.06. The highest BCUT2D eigenvalue weighted by atomic mass is 79.9. The molecule has 2 heterocycles. The summed E-state index contributed by atoms with van der Waals surface area (Å²) >= 11 is 3.29. The number of hydrogen-bond acceptors (Lipinski definition) is 4. The minimum absolute atomic E-state index is 0.638. The fourth-order valence-corrected chi connectivity index (χ4v) is 1.46. The van der Waals surface area contributed by atoms with Crippen LogP contribution in [0.1, 0.15) is 5.69 Å². The van der Waals surface area contributed by atoms with E-state index in [1.54, 1.807) is 18.6 Å². The van der Waals surface area contributed by atoms with Crippen molar-refractivity contribution in [2.75, 3.05) is 11.9 Å². The second-order valence-electron chi connectivity index (χ2n) is 3.22. The molecule has 0 unspecified atom stereocenters. The smallest absolute Gasteiger partial charge is 0.222 e. The molecule has 0 aromatic carbocycles. The van der Waals surface area contributed by atoms with Gasteiger partial charge in [-0.05, 0) is 28.1 Å².